The molecule has 0 spiro atoms. The summed E-state index contributed by atoms with van der Waals surface area (Å²) < 4.78 is 16.5. The molecule has 1 aromatic carbocycles. The van der Waals surface area contributed by atoms with Crippen molar-refractivity contribution in [2.45, 2.75) is 25.5 Å². The molecule has 2 amide bonds. The molecule has 0 radical (unpaired) electrons. The first-order chi connectivity index (χ1) is 13.0. The number of nitrogens with zero attached hydrogens (tertiary/aromatic N) is 1. The number of hydrogen-bond donors (Lipinski definition) is 2. The summed E-state index contributed by atoms with van der Waals surface area (Å²) in [6.07, 6.45) is 1.91. The largest absolute Gasteiger partial charge is 0.496 e. The van der Waals surface area contributed by atoms with Gasteiger partial charge in [-0.3, -0.25) is 9.59 Å². The number of fused-ring (bicyclic) bond motifs is 1. The summed E-state index contributed by atoms with van der Waals surface area (Å²) >= 11 is 0. The SMILES string of the molecule is CC[C@H]1[C@@H](COc2nccc3cc(C(N)=O)c(OC)cc23)NC(=O)[C@@H]1OC. The fourth-order valence-corrected chi connectivity index (χ4v) is 3.54. The highest BCUT2D eigenvalue weighted by Gasteiger charge is 2.41. The fraction of sp³-hybridized carbons (Fsp3) is 0.421. The second-order valence-electron chi connectivity index (χ2n) is 6.41. The summed E-state index contributed by atoms with van der Waals surface area (Å²) in [5, 5.41) is 4.37. The molecule has 3 rings (SSSR count). The summed E-state index contributed by atoms with van der Waals surface area (Å²) in [4.78, 5) is 27.9. The van der Waals surface area contributed by atoms with Gasteiger partial charge in [-0.15, -0.1) is 0 Å². The molecule has 0 unspecified atom stereocenters. The van der Waals surface area contributed by atoms with Crippen LogP contribution in [-0.4, -0.2) is 49.8 Å². The molecule has 1 aliphatic heterocycles. The molecule has 3 atom stereocenters. The smallest absolute Gasteiger partial charge is 0.252 e. The van der Waals surface area contributed by atoms with Gasteiger partial charge in [-0.1, -0.05) is 6.92 Å². The molecule has 2 aromatic rings. The van der Waals surface area contributed by atoms with Crippen LogP contribution < -0.4 is 20.5 Å². The zero-order valence-electron chi connectivity index (χ0n) is 15.5. The first-order valence-electron chi connectivity index (χ1n) is 8.72. The Bertz CT molecular complexity index is 870. The Kier molecular flexibility index (Phi) is 5.46. The number of amides is 2. The van der Waals surface area contributed by atoms with Crippen LogP contribution in [0.2, 0.25) is 0 Å². The highest BCUT2D eigenvalue weighted by atomic mass is 16.5. The first-order valence-corrected chi connectivity index (χ1v) is 8.72. The number of carbonyl (C=O) groups excluding carboxylic acids is 2. The topological polar surface area (TPSA) is 113 Å². The summed E-state index contributed by atoms with van der Waals surface area (Å²) in [5.74, 6) is 0.0721. The maximum absolute atomic E-state index is 12.0. The molecule has 8 nitrogen and oxygen atoms in total. The lowest BCUT2D eigenvalue weighted by atomic mass is 9.96. The van der Waals surface area contributed by atoms with Gasteiger partial charge in [0.15, 0.2) is 0 Å². The van der Waals surface area contributed by atoms with Crippen molar-refractivity contribution < 1.29 is 23.8 Å². The molecular formula is C19H23N3O5. The van der Waals surface area contributed by atoms with Crippen LogP contribution in [-0.2, 0) is 9.53 Å². The van der Waals surface area contributed by atoms with Gasteiger partial charge in [0.25, 0.3) is 5.91 Å². The van der Waals surface area contributed by atoms with Gasteiger partial charge in [0.05, 0.1) is 18.7 Å². The van der Waals surface area contributed by atoms with Crippen molar-refractivity contribution in [1.29, 1.82) is 0 Å². The summed E-state index contributed by atoms with van der Waals surface area (Å²) in [5.41, 5.74) is 5.70. The normalized spacial score (nSPS) is 21.9. The minimum Gasteiger partial charge on any atom is -0.496 e. The molecule has 8 heteroatoms. The lowest BCUT2D eigenvalue weighted by molar-refractivity contribution is -0.128. The van der Waals surface area contributed by atoms with Crippen LogP contribution in [0.25, 0.3) is 10.8 Å². The Morgan fingerprint density at radius 1 is 1.33 bits per heavy atom. The molecule has 1 saturated heterocycles. The Morgan fingerprint density at radius 2 is 2.11 bits per heavy atom. The van der Waals surface area contributed by atoms with Crippen LogP contribution in [0.5, 0.6) is 11.6 Å². The summed E-state index contributed by atoms with van der Waals surface area (Å²) in [6, 6.07) is 4.93. The maximum Gasteiger partial charge on any atom is 0.252 e. The number of hydrogen-bond acceptors (Lipinski definition) is 6. The first kappa shape index (κ1) is 18.9. The lowest BCUT2D eigenvalue weighted by Crippen LogP contribution is -2.35. The number of benzene rings is 1. The van der Waals surface area contributed by atoms with Crippen molar-refractivity contribution in [2.75, 3.05) is 20.8 Å². The Balaban J connectivity index is 1.87. The summed E-state index contributed by atoms with van der Waals surface area (Å²) in [6.45, 7) is 2.27. The Labute approximate surface area is 157 Å². The lowest BCUT2D eigenvalue weighted by Gasteiger charge is -2.20. The van der Waals surface area contributed by atoms with E-state index in [-0.39, 0.29) is 24.5 Å². The van der Waals surface area contributed by atoms with Crippen LogP contribution >= 0.6 is 0 Å². The predicted octanol–water partition coefficient (Wildman–Crippen LogP) is 1.26. The molecule has 3 N–H and O–H groups in total. The number of methoxy groups -OCH3 is 2. The van der Waals surface area contributed by atoms with E-state index in [2.05, 4.69) is 10.3 Å². The summed E-state index contributed by atoms with van der Waals surface area (Å²) in [7, 11) is 3.00. The van der Waals surface area contributed by atoms with Gasteiger partial charge in [-0.25, -0.2) is 4.98 Å². The molecule has 1 aliphatic rings. The molecule has 2 heterocycles. The van der Waals surface area contributed by atoms with E-state index in [1.54, 1.807) is 24.4 Å². The third-order valence-corrected chi connectivity index (χ3v) is 4.93. The number of aromatic nitrogens is 1. The van der Waals surface area contributed by atoms with Gasteiger partial charge in [0.2, 0.25) is 11.8 Å². The van der Waals surface area contributed by atoms with Gasteiger partial charge >= 0.3 is 0 Å². The molecule has 1 aromatic heterocycles. The van der Waals surface area contributed by atoms with E-state index in [4.69, 9.17) is 19.9 Å². The van der Waals surface area contributed by atoms with Gasteiger partial charge in [-0.05, 0) is 30.0 Å². The number of nitrogens with one attached hydrogen (secondary N) is 1. The number of nitrogens with two attached hydrogens (primary N) is 1. The van der Waals surface area contributed by atoms with E-state index in [0.717, 1.165) is 11.8 Å². The Morgan fingerprint density at radius 3 is 2.74 bits per heavy atom. The van der Waals surface area contributed by atoms with Crippen LogP contribution in [0.3, 0.4) is 0 Å². The van der Waals surface area contributed by atoms with E-state index in [1.165, 1.54) is 14.2 Å². The van der Waals surface area contributed by atoms with Crippen LogP contribution in [0.4, 0.5) is 0 Å². The number of carbonyl (C=O) groups is 2. The number of ether oxygens (including phenoxy) is 3. The van der Waals surface area contributed by atoms with Crippen LogP contribution in [0.1, 0.15) is 23.7 Å². The third kappa shape index (κ3) is 3.52. The minimum atomic E-state index is -0.571. The molecule has 27 heavy (non-hydrogen) atoms. The van der Waals surface area contributed by atoms with Gasteiger partial charge < -0.3 is 25.3 Å². The zero-order chi connectivity index (χ0) is 19.6. The molecule has 144 valence electrons. The highest BCUT2D eigenvalue weighted by Crippen LogP contribution is 2.31. The van der Waals surface area contributed by atoms with Crippen molar-refractivity contribution in [3.63, 3.8) is 0 Å². The standard InChI is InChI=1S/C19H23N3O5/c1-4-11-14(22-18(24)16(11)26-3)9-27-19-12-8-15(25-2)13(17(20)23)7-10(12)5-6-21-19/h5-8,11,14,16H,4,9H2,1-3H3,(H2,20,23)(H,22,24)/t11-,14+,16+/m0/s1. The van der Waals surface area contributed by atoms with Crippen molar-refractivity contribution in [1.82, 2.24) is 10.3 Å². The molecule has 1 fully saturated rings. The van der Waals surface area contributed by atoms with E-state index in [1.807, 2.05) is 6.92 Å². The molecule has 0 saturated carbocycles. The highest BCUT2D eigenvalue weighted by molar-refractivity contribution is 6.01. The van der Waals surface area contributed by atoms with Crippen LogP contribution in [0, 0.1) is 5.92 Å². The molecule has 0 aliphatic carbocycles. The van der Waals surface area contributed by atoms with Crippen molar-refractivity contribution in [3.8, 4) is 11.6 Å². The van der Waals surface area contributed by atoms with Crippen molar-refractivity contribution >= 4 is 22.6 Å². The average Bonchev–Trinajstić information content (AvgIpc) is 2.99. The molecular weight excluding hydrogens is 350 g/mol. The Hall–Kier alpha value is -2.87. The zero-order valence-corrected chi connectivity index (χ0v) is 15.5. The monoisotopic (exact) mass is 373 g/mol. The van der Waals surface area contributed by atoms with Crippen LogP contribution in [0.15, 0.2) is 24.4 Å². The van der Waals surface area contributed by atoms with Gasteiger partial charge in [0.1, 0.15) is 18.5 Å². The van der Waals surface area contributed by atoms with E-state index in [9.17, 15) is 9.59 Å². The number of pyridine rings is 1. The second kappa shape index (κ2) is 7.79. The minimum absolute atomic E-state index is 0.0217. The second-order valence-corrected chi connectivity index (χ2v) is 6.41. The quantitative estimate of drug-likeness (QED) is 0.755. The van der Waals surface area contributed by atoms with Crippen molar-refractivity contribution in [2.24, 2.45) is 11.7 Å². The van der Waals surface area contributed by atoms with Gasteiger partial charge in [-0.2, -0.15) is 0 Å². The number of rotatable bonds is 7. The maximum atomic E-state index is 12.0. The van der Waals surface area contributed by atoms with Crippen molar-refractivity contribution in [3.05, 3.63) is 30.0 Å². The average molecular weight is 373 g/mol. The number of primary amides is 1. The fourth-order valence-electron chi connectivity index (χ4n) is 3.54. The van der Waals surface area contributed by atoms with E-state index < -0.39 is 12.0 Å². The third-order valence-electron chi connectivity index (χ3n) is 4.93. The van der Waals surface area contributed by atoms with E-state index in [0.29, 0.717) is 22.6 Å². The van der Waals surface area contributed by atoms with E-state index >= 15 is 0 Å². The van der Waals surface area contributed by atoms with Gasteiger partial charge in [0, 0.05) is 24.6 Å². The molecule has 0 bridgehead atoms. The predicted molar refractivity (Wildman–Crippen MR) is 98.8 cm³/mol.